The predicted molar refractivity (Wildman–Crippen MR) is 48.2 cm³/mol. The first-order chi connectivity index (χ1) is 6.40. The van der Waals surface area contributed by atoms with Crippen molar-refractivity contribution in [3.05, 3.63) is 5.82 Å². The Morgan fingerprint density at radius 3 is 3.23 bits per heavy atom. The van der Waals surface area contributed by atoms with Gasteiger partial charge in [0.15, 0.2) is 5.82 Å². The number of nitrogens with zero attached hydrogens (tertiary/aromatic N) is 4. The average Bonchev–Trinajstić information content (AvgIpc) is 2.76. The van der Waals surface area contributed by atoms with Gasteiger partial charge in [0, 0.05) is 13.0 Å². The van der Waals surface area contributed by atoms with Gasteiger partial charge in [-0.1, -0.05) is 0 Å². The molecule has 0 radical (unpaired) electrons. The number of rotatable bonds is 3. The van der Waals surface area contributed by atoms with Crippen LogP contribution in [-0.2, 0) is 13.0 Å². The Hall–Kier alpha value is -0.970. The van der Waals surface area contributed by atoms with E-state index in [2.05, 4.69) is 27.8 Å². The first-order valence-electron chi connectivity index (χ1n) is 4.86. The molecule has 0 spiro atoms. The van der Waals surface area contributed by atoms with E-state index in [-0.39, 0.29) is 0 Å². The van der Waals surface area contributed by atoms with Crippen molar-refractivity contribution in [1.82, 2.24) is 25.5 Å². The molecule has 1 unspecified atom stereocenters. The van der Waals surface area contributed by atoms with Crippen LogP contribution in [0.15, 0.2) is 0 Å². The van der Waals surface area contributed by atoms with Crippen LogP contribution in [0.25, 0.3) is 0 Å². The third-order valence-electron chi connectivity index (χ3n) is 2.54. The van der Waals surface area contributed by atoms with Gasteiger partial charge < -0.3 is 5.32 Å². The summed E-state index contributed by atoms with van der Waals surface area (Å²) in [5, 5.41) is 15.0. The van der Waals surface area contributed by atoms with Crippen LogP contribution in [0.3, 0.4) is 0 Å². The van der Waals surface area contributed by atoms with Gasteiger partial charge in [-0.3, -0.25) is 0 Å². The first-order valence-corrected chi connectivity index (χ1v) is 4.86. The maximum absolute atomic E-state index is 4.02. The van der Waals surface area contributed by atoms with Crippen LogP contribution < -0.4 is 5.32 Å². The van der Waals surface area contributed by atoms with Gasteiger partial charge in [0.25, 0.3) is 0 Å². The molecule has 1 saturated heterocycles. The number of hydrogen-bond acceptors (Lipinski definition) is 4. The minimum atomic E-state index is 0.719. The summed E-state index contributed by atoms with van der Waals surface area (Å²) in [6.07, 6.45) is 2.25. The van der Waals surface area contributed by atoms with E-state index >= 15 is 0 Å². The second kappa shape index (κ2) is 3.83. The highest BCUT2D eigenvalue weighted by atomic mass is 15.5. The third-order valence-corrected chi connectivity index (χ3v) is 2.54. The fraction of sp³-hybridized carbons (Fsp3) is 0.875. The van der Waals surface area contributed by atoms with Gasteiger partial charge in [0.2, 0.25) is 0 Å². The molecule has 5 heteroatoms. The van der Waals surface area contributed by atoms with E-state index in [1.165, 1.54) is 6.42 Å². The van der Waals surface area contributed by atoms with Gasteiger partial charge in [0.1, 0.15) is 0 Å². The van der Waals surface area contributed by atoms with Crippen molar-refractivity contribution in [3.63, 3.8) is 0 Å². The van der Waals surface area contributed by atoms with Gasteiger partial charge in [0.05, 0.1) is 0 Å². The van der Waals surface area contributed by atoms with Crippen molar-refractivity contribution >= 4 is 0 Å². The minimum Gasteiger partial charge on any atom is -0.316 e. The van der Waals surface area contributed by atoms with Crippen LogP contribution in [0.1, 0.15) is 19.2 Å². The number of tetrazole rings is 1. The van der Waals surface area contributed by atoms with E-state index in [9.17, 15) is 0 Å². The normalized spacial score (nSPS) is 22.4. The number of aromatic nitrogens is 4. The molecule has 0 amide bonds. The zero-order valence-corrected chi connectivity index (χ0v) is 7.90. The molecule has 5 nitrogen and oxygen atoms in total. The minimum absolute atomic E-state index is 0.719. The van der Waals surface area contributed by atoms with Crippen molar-refractivity contribution in [2.45, 2.75) is 26.3 Å². The Labute approximate surface area is 77.5 Å². The highest BCUT2D eigenvalue weighted by Gasteiger charge is 2.17. The van der Waals surface area contributed by atoms with Crippen molar-refractivity contribution in [1.29, 1.82) is 0 Å². The monoisotopic (exact) mass is 181 g/mol. The molecular formula is C8H15N5. The lowest BCUT2D eigenvalue weighted by Gasteiger charge is -2.06. The van der Waals surface area contributed by atoms with Crippen molar-refractivity contribution < 1.29 is 0 Å². The van der Waals surface area contributed by atoms with E-state index in [0.29, 0.717) is 0 Å². The molecule has 1 aliphatic heterocycles. The zero-order valence-electron chi connectivity index (χ0n) is 7.90. The van der Waals surface area contributed by atoms with Crippen LogP contribution in [0.2, 0.25) is 0 Å². The van der Waals surface area contributed by atoms with Crippen molar-refractivity contribution in [2.24, 2.45) is 5.92 Å². The van der Waals surface area contributed by atoms with Gasteiger partial charge in [-0.25, -0.2) is 4.68 Å². The summed E-state index contributed by atoms with van der Waals surface area (Å²) in [7, 11) is 0. The summed E-state index contributed by atoms with van der Waals surface area (Å²) in [6, 6.07) is 0. The Balaban J connectivity index is 1.99. The summed E-state index contributed by atoms with van der Waals surface area (Å²) in [6.45, 7) is 5.17. The van der Waals surface area contributed by atoms with Crippen LogP contribution in [0.4, 0.5) is 0 Å². The lowest BCUT2D eigenvalue weighted by Crippen LogP contribution is -2.14. The Morgan fingerprint density at radius 1 is 1.62 bits per heavy atom. The third kappa shape index (κ3) is 1.85. The second-order valence-electron chi connectivity index (χ2n) is 3.47. The lowest BCUT2D eigenvalue weighted by atomic mass is 10.1. The molecule has 1 aliphatic rings. The van der Waals surface area contributed by atoms with Crippen molar-refractivity contribution in [3.8, 4) is 0 Å². The van der Waals surface area contributed by atoms with Gasteiger partial charge in [-0.2, -0.15) is 0 Å². The largest absolute Gasteiger partial charge is 0.316 e. The quantitative estimate of drug-likeness (QED) is 0.704. The van der Waals surface area contributed by atoms with E-state index in [1.807, 2.05) is 4.68 Å². The molecule has 2 heterocycles. The summed E-state index contributed by atoms with van der Waals surface area (Å²) in [5.41, 5.74) is 0. The van der Waals surface area contributed by atoms with Crippen LogP contribution in [0.5, 0.6) is 0 Å². The van der Waals surface area contributed by atoms with E-state index < -0.39 is 0 Å². The van der Waals surface area contributed by atoms with E-state index in [0.717, 1.165) is 37.8 Å². The molecule has 0 aliphatic carbocycles. The SMILES string of the molecule is CCn1nnnc1CC1CCNC1. The lowest BCUT2D eigenvalue weighted by molar-refractivity contribution is 0.520. The Kier molecular flexibility index (Phi) is 2.54. The van der Waals surface area contributed by atoms with E-state index in [1.54, 1.807) is 0 Å². The maximum atomic E-state index is 4.02. The summed E-state index contributed by atoms with van der Waals surface area (Å²) >= 11 is 0. The van der Waals surface area contributed by atoms with Crippen molar-refractivity contribution in [2.75, 3.05) is 13.1 Å². The molecule has 72 valence electrons. The fourth-order valence-electron chi connectivity index (χ4n) is 1.76. The standard InChI is InChI=1S/C8H15N5/c1-2-13-8(10-11-12-13)5-7-3-4-9-6-7/h7,9H,2-6H2,1H3. The maximum Gasteiger partial charge on any atom is 0.151 e. The molecule has 13 heavy (non-hydrogen) atoms. The molecule has 1 aromatic heterocycles. The fourth-order valence-corrected chi connectivity index (χ4v) is 1.76. The van der Waals surface area contributed by atoms with Crippen LogP contribution >= 0.6 is 0 Å². The summed E-state index contributed by atoms with van der Waals surface area (Å²) in [4.78, 5) is 0. The summed E-state index contributed by atoms with van der Waals surface area (Å²) in [5.74, 6) is 1.74. The molecule has 1 aromatic rings. The van der Waals surface area contributed by atoms with Crippen LogP contribution in [0, 0.1) is 5.92 Å². The second-order valence-corrected chi connectivity index (χ2v) is 3.47. The van der Waals surface area contributed by atoms with Gasteiger partial charge in [-0.05, 0) is 42.8 Å². The molecule has 0 saturated carbocycles. The van der Waals surface area contributed by atoms with Crippen LogP contribution in [-0.4, -0.2) is 33.3 Å². The predicted octanol–water partition coefficient (Wildman–Crippen LogP) is -0.155. The Bertz CT molecular complexity index is 263. The highest BCUT2D eigenvalue weighted by molar-refractivity contribution is 4.87. The molecule has 0 aromatic carbocycles. The first kappa shape index (κ1) is 8.62. The molecule has 1 atom stereocenters. The molecule has 1 N–H and O–H groups in total. The zero-order chi connectivity index (χ0) is 9.10. The smallest absolute Gasteiger partial charge is 0.151 e. The highest BCUT2D eigenvalue weighted by Crippen LogP contribution is 2.12. The number of nitrogens with one attached hydrogen (secondary N) is 1. The molecule has 0 bridgehead atoms. The van der Waals surface area contributed by atoms with Gasteiger partial charge in [-0.15, -0.1) is 5.10 Å². The topological polar surface area (TPSA) is 55.6 Å². The van der Waals surface area contributed by atoms with E-state index in [4.69, 9.17) is 0 Å². The molecular weight excluding hydrogens is 166 g/mol. The number of aryl methyl sites for hydroxylation is 1. The Morgan fingerprint density at radius 2 is 2.54 bits per heavy atom. The molecule has 2 rings (SSSR count). The van der Waals surface area contributed by atoms with Gasteiger partial charge >= 0.3 is 0 Å². The average molecular weight is 181 g/mol. The summed E-state index contributed by atoms with van der Waals surface area (Å²) < 4.78 is 1.87. The number of hydrogen-bond donors (Lipinski definition) is 1. The molecule has 1 fully saturated rings.